The fourth-order valence-corrected chi connectivity index (χ4v) is 4.93. The summed E-state index contributed by atoms with van der Waals surface area (Å²) in [5, 5.41) is 0. The molecule has 1 aliphatic carbocycles. The molecule has 7 nitrogen and oxygen atoms in total. The molecule has 8 heteroatoms. The van der Waals surface area contributed by atoms with E-state index in [9.17, 15) is 14.0 Å². The number of halogens is 1. The van der Waals surface area contributed by atoms with Gasteiger partial charge in [0.1, 0.15) is 12.1 Å². The molecule has 1 unspecified atom stereocenters. The minimum absolute atomic E-state index is 0.111. The maximum Gasteiger partial charge on any atom is 0.226 e. The van der Waals surface area contributed by atoms with Crippen molar-refractivity contribution >= 4 is 17.6 Å². The van der Waals surface area contributed by atoms with E-state index < -0.39 is 5.95 Å². The second-order valence-electron chi connectivity index (χ2n) is 8.39. The molecule has 28 heavy (non-hydrogen) atoms. The fourth-order valence-electron chi connectivity index (χ4n) is 4.93. The number of carbonyl (C=O) groups is 2. The highest BCUT2D eigenvalue weighted by Crippen LogP contribution is 2.41. The van der Waals surface area contributed by atoms with Crippen molar-refractivity contribution in [2.75, 3.05) is 31.1 Å². The van der Waals surface area contributed by atoms with Gasteiger partial charge in [0.15, 0.2) is 0 Å². The molecule has 3 aliphatic rings. The molecule has 0 radical (unpaired) electrons. The van der Waals surface area contributed by atoms with Crippen LogP contribution in [0, 0.1) is 29.6 Å². The minimum atomic E-state index is -0.489. The van der Waals surface area contributed by atoms with Crippen LogP contribution in [0.2, 0.25) is 0 Å². The Bertz CT molecular complexity index is 737. The normalized spacial score (nSPS) is 28.7. The van der Waals surface area contributed by atoms with Crippen molar-refractivity contribution in [1.29, 1.82) is 0 Å². The Morgan fingerprint density at radius 1 is 1.00 bits per heavy atom. The van der Waals surface area contributed by atoms with Gasteiger partial charge in [0, 0.05) is 32.2 Å². The Morgan fingerprint density at radius 3 is 2.39 bits per heavy atom. The zero-order valence-electron chi connectivity index (χ0n) is 16.1. The molecule has 3 heterocycles. The van der Waals surface area contributed by atoms with Gasteiger partial charge in [-0.3, -0.25) is 9.59 Å². The van der Waals surface area contributed by atoms with E-state index in [1.165, 1.54) is 12.4 Å². The predicted molar refractivity (Wildman–Crippen MR) is 102 cm³/mol. The third-order valence-electron chi connectivity index (χ3n) is 6.71. The van der Waals surface area contributed by atoms with E-state index in [0.717, 1.165) is 58.3 Å². The largest absolute Gasteiger partial charge is 0.369 e. The Labute approximate surface area is 164 Å². The number of piperidine rings is 1. The lowest BCUT2D eigenvalue weighted by molar-refractivity contribution is -0.135. The molecule has 3 atom stereocenters. The highest BCUT2D eigenvalue weighted by atomic mass is 19.1. The zero-order chi connectivity index (χ0) is 19.7. The number of likely N-dealkylation sites (tertiary alicyclic amines) is 1. The van der Waals surface area contributed by atoms with Crippen LogP contribution in [-0.2, 0) is 9.59 Å². The van der Waals surface area contributed by atoms with Crippen molar-refractivity contribution in [3.63, 3.8) is 0 Å². The first-order chi connectivity index (χ1) is 13.5. The number of hydrogen-bond acceptors (Lipinski definition) is 5. The molecule has 1 aromatic heterocycles. The molecule has 1 saturated carbocycles. The number of carbonyl (C=O) groups excluding carboxylic acids is 2. The summed E-state index contributed by atoms with van der Waals surface area (Å²) in [4.78, 5) is 35.6. The van der Waals surface area contributed by atoms with E-state index >= 15 is 0 Å². The standard InChI is InChI=1S/C20H28FN5O2/c21-17-11-18(24-12-23-17)25-6-1-2-13(3-7-25)14-4-8-26(9-5-14)20(28)16-10-15(16)19(22)27/h11-16H,1-10H2,(H2,22,27)/t13?,15-,16+/m1/s1. The van der Waals surface area contributed by atoms with Crippen molar-refractivity contribution in [2.24, 2.45) is 29.4 Å². The Balaban J connectivity index is 1.27. The summed E-state index contributed by atoms with van der Waals surface area (Å²) in [6.07, 6.45) is 7.24. The van der Waals surface area contributed by atoms with Gasteiger partial charge in [-0.1, -0.05) is 0 Å². The van der Waals surface area contributed by atoms with Crippen LogP contribution in [0.15, 0.2) is 12.4 Å². The van der Waals surface area contributed by atoms with Gasteiger partial charge in [-0.05, 0) is 50.4 Å². The number of primary amides is 1. The predicted octanol–water partition coefficient (Wildman–Crippen LogP) is 1.58. The highest BCUT2D eigenvalue weighted by molar-refractivity contribution is 5.91. The third kappa shape index (κ3) is 4.10. The minimum Gasteiger partial charge on any atom is -0.369 e. The van der Waals surface area contributed by atoms with Crippen molar-refractivity contribution in [1.82, 2.24) is 14.9 Å². The van der Waals surface area contributed by atoms with Crippen LogP contribution in [-0.4, -0.2) is 52.9 Å². The zero-order valence-corrected chi connectivity index (χ0v) is 16.1. The summed E-state index contributed by atoms with van der Waals surface area (Å²) >= 11 is 0. The first-order valence-electron chi connectivity index (χ1n) is 10.3. The molecule has 1 aromatic rings. The molecule has 0 aromatic carbocycles. The maximum absolute atomic E-state index is 13.4. The van der Waals surface area contributed by atoms with Crippen LogP contribution >= 0.6 is 0 Å². The second kappa shape index (κ2) is 8.01. The summed E-state index contributed by atoms with van der Waals surface area (Å²) in [5.41, 5.74) is 5.31. The molecule has 4 rings (SSSR count). The number of amides is 2. The number of hydrogen-bond donors (Lipinski definition) is 1. The maximum atomic E-state index is 13.4. The van der Waals surface area contributed by atoms with Gasteiger partial charge in [-0.15, -0.1) is 0 Å². The molecule has 2 saturated heterocycles. The molecular formula is C20H28FN5O2. The summed E-state index contributed by atoms with van der Waals surface area (Å²) in [7, 11) is 0. The molecule has 152 valence electrons. The monoisotopic (exact) mass is 389 g/mol. The van der Waals surface area contributed by atoms with E-state index in [2.05, 4.69) is 14.9 Å². The van der Waals surface area contributed by atoms with Gasteiger partial charge < -0.3 is 15.5 Å². The lowest BCUT2D eigenvalue weighted by atomic mass is 9.80. The number of rotatable bonds is 4. The van der Waals surface area contributed by atoms with E-state index in [4.69, 9.17) is 5.73 Å². The molecule has 0 bridgehead atoms. The Morgan fingerprint density at radius 2 is 1.71 bits per heavy atom. The van der Waals surface area contributed by atoms with Gasteiger partial charge in [-0.2, -0.15) is 4.39 Å². The van der Waals surface area contributed by atoms with Crippen LogP contribution in [0.3, 0.4) is 0 Å². The van der Waals surface area contributed by atoms with Gasteiger partial charge in [0.2, 0.25) is 17.8 Å². The van der Waals surface area contributed by atoms with E-state index in [-0.39, 0.29) is 23.7 Å². The van der Waals surface area contributed by atoms with Crippen molar-refractivity contribution in [3.05, 3.63) is 18.3 Å². The van der Waals surface area contributed by atoms with Crippen LogP contribution in [0.25, 0.3) is 0 Å². The SMILES string of the molecule is NC(=O)[C@@H]1C[C@@H]1C(=O)N1CCC(C2CCCN(c3cc(F)ncn3)CC2)CC1. The highest BCUT2D eigenvalue weighted by Gasteiger charge is 2.49. The summed E-state index contributed by atoms with van der Waals surface area (Å²) in [6, 6.07) is 1.40. The second-order valence-corrected chi connectivity index (χ2v) is 8.39. The third-order valence-corrected chi connectivity index (χ3v) is 6.71. The molecule has 2 N–H and O–H groups in total. The van der Waals surface area contributed by atoms with Gasteiger partial charge in [0.25, 0.3) is 0 Å². The van der Waals surface area contributed by atoms with E-state index in [1.807, 2.05) is 4.90 Å². The number of nitrogens with two attached hydrogens (primary N) is 1. The van der Waals surface area contributed by atoms with Crippen molar-refractivity contribution in [3.8, 4) is 0 Å². The lowest BCUT2D eigenvalue weighted by Crippen LogP contribution is -2.41. The Kier molecular flexibility index (Phi) is 5.46. The molecular weight excluding hydrogens is 361 g/mol. The molecule has 3 fully saturated rings. The van der Waals surface area contributed by atoms with Gasteiger partial charge in [-0.25, -0.2) is 9.97 Å². The summed E-state index contributed by atoms with van der Waals surface area (Å²) < 4.78 is 13.4. The van der Waals surface area contributed by atoms with Crippen LogP contribution < -0.4 is 10.6 Å². The number of aromatic nitrogens is 2. The Hall–Kier alpha value is -2.25. The first-order valence-corrected chi connectivity index (χ1v) is 10.3. The van der Waals surface area contributed by atoms with Crippen LogP contribution in [0.4, 0.5) is 10.2 Å². The fraction of sp³-hybridized carbons (Fsp3) is 0.700. The number of nitrogens with zero attached hydrogens (tertiary/aromatic N) is 4. The molecule has 2 aliphatic heterocycles. The molecule has 0 spiro atoms. The number of anilines is 1. The first kappa shape index (κ1) is 19.1. The van der Waals surface area contributed by atoms with Crippen molar-refractivity contribution < 1.29 is 14.0 Å². The molecule has 2 amide bonds. The van der Waals surface area contributed by atoms with Crippen molar-refractivity contribution in [2.45, 2.75) is 38.5 Å². The average molecular weight is 389 g/mol. The smallest absolute Gasteiger partial charge is 0.226 e. The van der Waals surface area contributed by atoms with E-state index in [1.54, 1.807) is 0 Å². The lowest BCUT2D eigenvalue weighted by Gasteiger charge is -2.36. The van der Waals surface area contributed by atoms with Crippen LogP contribution in [0.5, 0.6) is 0 Å². The quantitative estimate of drug-likeness (QED) is 0.790. The van der Waals surface area contributed by atoms with E-state index in [0.29, 0.717) is 24.1 Å². The van der Waals surface area contributed by atoms with Crippen LogP contribution in [0.1, 0.15) is 38.5 Å². The average Bonchev–Trinajstić information content (AvgIpc) is 3.51. The summed E-state index contributed by atoms with van der Waals surface area (Å²) in [6.45, 7) is 3.33. The summed E-state index contributed by atoms with van der Waals surface area (Å²) in [5.74, 6) is 0.780. The van der Waals surface area contributed by atoms with Gasteiger partial charge >= 0.3 is 0 Å². The van der Waals surface area contributed by atoms with Gasteiger partial charge in [0.05, 0.1) is 11.8 Å². The topological polar surface area (TPSA) is 92.4 Å².